The molecule has 1 aromatic rings. The highest BCUT2D eigenvalue weighted by atomic mass is 32.1. The van der Waals surface area contributed by atoms with E-state index in [9.17, 15) is 4.79 Å². The van der Waals surface area contributed by atoms with Crippen molar-refractivity contribution >= 4 is 17.2 Å². The highest BCUT2D eigenvalue weighted by Gasteiger charge is 2.18. The van der Waals surface area contributed by atoms with Gasteiger partial charge in [-0.2, -0.15) is 0 Å². The topological polar surface area (TPSA) is 41.1 Å². The van der Waals surface area contributed by atoms with Gasteiger partial charge in [-0.3, -0.25) is 10.1 Å². The number of carbonyl (C=O) groups is 1. The SMILES string of the molecule is CCC(CC)NC(=O)C(C)NC(C)c1ccc(C)s1. The summed E-state index contributed by atoms with van der Waals surface area (Å²) in [5, 5.41) is 6.44. The molecule has 1 amide bonds. The number of amides is 1. The van der Waals surface area contributed by atoms with Crippen LogP contribution in [0.25, 0.3) is 0 Å². The lowest BCUT2D eigenvalue weighted by Crippen LogP contribution is -2.46. The van der Waals surface area contributed by atoms with Gasteiger partial charge < -0.3 is 5.32 Å². The quantitative estimate of drug-likeness (QED) is 0.805. The molecule has 0 fully saturated rings. The van der Waals surface area contributed by atoms with Gasteiger partial charge in [-0.25, -0.2) is 0 Å². The Morgan fingerprint density at radius 3 is 2.37 bits per heavy atom. The molecule has 0 spiro atoms. The fourth-order valence-electron chi connectivity index (χ4n) is 2.04. The zero-order chi connectivity index (χ0) is 14.4. The van der Waals surface area contributed by atoms with Crippen LogP contribution < -0.4 is 10.6 Å². The number of carbonyl (C=O) groups excluding carboxylic acids is 1. The molecular weight excluding hydrogens is 256 g/mol. The molecule has 0 saturated heterocycles. The molecule has 2 N–H and O–H groups in total. The van der Waals surface area contributed by atoms with Crippen LogP contribution in [0.2, 0.25) is 0 Å². The average molecular weight is 282 g/mol. The molecule has 0 aromatic carbocycles. The van der Waals surface area contributed by atoms with Gasteiger partial charge in [-0.05, 0) is 45.7 Å². The van der Waals surface area contributed by atoms with Crippen molar-refractivity contribution in [1.82, 2.24) is 10.6 Å². The normalized spacial score (nSPS) is 14.4. The molecule has 0 aliphatic rings. The molecule has 19 heavy (non-hydrogen) atoms. The van der Waals surface area contributed by atoms with E-state index in [4.69, 9.17) is 0 Å². The van der Waals surface area contributed by atoms with Gasteiger partial charge >= 0.3 is 0 Å². The Morgan fingerprint density at radius 2 is 1.89 bits per heavy atom. The first-order chi connectivity index (χ1) is 8.97. The number of hydrogen-bond donors (Lipinski definition) is 2. The molecule has 1 heterocycles. The second-order valence-corrected chi connectivity index (χ2v) is 6.40. The summed E-state index contributed by atoms with van der Waals surface area (Å²) in [6.07, 6.45) is 1.96. The van der Waals surface area contributed by atoms with E-state index < -0.39 is 0 Å². The molecule has 0 bridgehead atoms. The lowest BCUT2D eigenvalue weighted by molar-refractivity contribution is -0.123. The number of rotatable bonds is 7. The van der Waals surface area contributed by atoms with Crippen LogP contribution in [0.1, 0.15) is 56.3 Å². The fraction of sp³-hybridized carbons (Fsp3) is 0.667. The van der Waals surface area contributed by atoms with Crippen molar-refractivity contribution in [3.8, 4) is 0 Å². The molecule has 0 saturated carbocycles. The second kappa shape index (κ2) is 7.65. The predicted molar refractivity (Wildman–Crippen MR) is 82.6 cm³/mol. The molecule has 108 valence electrons. The van der Waals surface area contributed by atoms with Crippen LogP contribution in [0.15, 0.2) is 12.1 Å². The molecule has 2 atom stereocenters. The van der Waals surface area contributed by atoms with Gasteiger partial charge in [-0.1, -0.05) is 13.8 Å². The predicted octanol–water partition coefficient (Wildman–Crippen LogP) is 3.40. The van der Waals surface area contributed by atoms with E-state index in [-0.39, 0.29) is 24.0 Å². The monoisotopic (exact) mass is 282 g/mol. The summed E-state index contributed by atoms with van der Waals surface area (Å²) in [6, 6.07) is 4.58. The Morgan fingerprint density at radius 1 is 1.26 bits per heavy atom. The van der Waals surface area contributed by atoms with Crippen molar-refractivity contribution in [3.05, 3.63) is 21.9 Å². The molecule has 2 unspecified atom stereocenters. The van der Waals surface area contributed by atoms with Crippen molar-refractivity contribution in [3.63, 3.8) is 0 Å². The molecule has 1 rings (SSSR count). The van der Waals surface area contributed by atoms with E-state index in [1.54, 1.807) is 11.3 Å². The van der Waals surface area contributed by atoms with Gasteiger partial charge in [-0.15, -0.1) is 11.3 Å². The highest BCUT2D eigenvalue weighted by molar-refractivity contribution is 7.12. The third kappa shape index (κ3) is 4.96. The van der Waals surface area contributed by atoms with Crippen LogP contribution in [-0.2, 0) is 4.79 Å². The second-order valence-electron chi connectivity index (χ2n) is 5.08. The Kier molecular flexibility index (Phi) is 6.52. The number of hydrogen-bond acceptors (Lipinski definition) is 3. The minimum absolute atomic E-state index is 0.0915. The molecule has 0 radical (unpaired) electrons. The maximum Gasteiger partial charge on any atom is 0.237 e. The van der Waals surface area contributed by atoms with E-state index in [0.29, 0.717) is 0 Å². The van der Waals surface area contributed by atoms with Crippen molar-refractivity contribution in [2.75, 3.05) is 0 Å². The van der Waals surface area contributed by atoms with Gasteiger partial charge in [0.1, 0.15) is 0 Å². The van der Waals surface area contributed by atoms with E-state index in [1.165, 1.54) is 9.75 Å². The number of nitrogens with one attached hydrogen (secondary N) is 2. The van der Waals surface area contributed by atoms with Crippen molar-refractivity contribution in [1.29, 1.82) is 0 Å². The largest absolute Gasteiger partial charge is 0.352 e. The maximum absolute atomic E-state index is 12.1. The van der Waals surface area contributed by atoms with E-state index in [1.807, 2.05) is 6.92 Å². The van der Waals surface area contributed by atoms with Crippen molar-refractivity contribution < 1.29 is 4.79 Å². The van der Waals surface area contributed by atoms with Gasteiger partial charge in [0.2, 0.25) is 5.91 Å². The third-order valence-electron chi connectivity index (χ3n) is 3.41. The van der Waals surface area contributed by atoms with Gasteiger partial charge in [0.05, 0.1) is 6.04 Å². The Labute approximate surface area is 120 Å². The Balaban J connectivity index is 2.49. The van der Waals surface area contributed by atoms with Gasteiger partial charge in [0, 0.05) is 21.8 Å². The minimum Gasteiger partial charge on any atom is -0.352 e. The average Bonchev–Trinajstić information content (AvgIpc) is 2.82. The van der Waals surface area contributed by atoms with Crippen molar-refractivity contribution in [2.24, 2.45) is 0 Å². The number of aryl methyl sites for hydroxylation is 1. The summed E-state index contributed by atoms with van der Waals surface area (Å²) in [5.41, 5.74) is 0. The summed E-state index contributed by atoms with van der Waals surface area (Å²) < 4.78 is 0. The fourth-order valence-corrected chi connectivity index (χ4v) is 2.93. The van der Waals surface area contributed by atoms with Gasteiger partial charge in [0.15, 0.2) is 0 Å². The highest BCUT2D eigenvalue weighted by Crippen LogP contribution is 2.22. The smallest absolute Gasteiger partial charge is 0.237 e. The third-order valence-corrected chi connectivity index (χ3v) is 4.60. The van der Waals surface area contributed by atoms with Crippen LogP contribution in [0.4, 0.5) is 0 Å². The summed E-state index contributed by atoms with van der Waals surface area (Å²) in [7, 11) is 0. The zero-order valence-corrected chi connectivity index (χ0v) is 13.4. The van der Waals surface area contributed by atoms with Crippen LogP contribution >= 0.6 is 11.3 Å². The summed E-state index contributed by atoms with van der Waals surface area (Å²) in [4.78, 5) is 14.7. The van der Waals surface area contributed by atoms with E-state index in [0.717, 1.165) is 12.8 Å². The van der Waals surface area contributed by atoms with Crippen molar-refractivity contribution in [2.45, 2.75) is 65.6 Å². The molecule has 0 aliphatic carbocycles. The van der Waals surface area contributed by atoms with E-state index in [2.05, 4.69) is 50.5 Å². The van der Waals surface area contributed by atoms with Crippen LogP contribution in [0.3, 0.4) is 0 Å². The molecule has 1 aromatic heterocycles. The summed E-state index contributed by atoms with van der Waals surface area (Å²) in [6.45, 7) is 10.3. The minimum atomic E-state index is -0.169. The van der Waals surface area contributed by atoms with Crippen LogP contribution in [0.5, 0.6) is 0 Å². The molecular formula is C15H26N2OS. The summed E-state index contributed by atoms with van der Waals surface area (Å²) in [5.74, 6) is 0.0915. The summed E-state index contributed by atoms with van der Waals surface area (Å²) >= 11 is 1.78. The maximum atomic E-state index is 12.1. The standard InChI is InChI=1S/C15H26N2OS/c1-6-13(7-2)17-15(18)12(5)16-11(4)14-9-8-10(3)19-14/h8-9,11-13,16H,6-7H2,1-5H3,(H,17,18). The number of thiophene rings is 1. The first kappa shape index (κ1) is 16.2. The lowest BCUT2D eigenvalue weighted by atomic mass is 10.1. The van der Waals surface area contributed by atoms with Gasteiger partial charge in [0.25, 0.3) is 0 Å². The Bertz CT molecular complexity index is 399. The molecule has 4 heteroatoms. The first-order valence-electron chi connectivity index (χ1n) is 7.10. The van der Waals surface area contributed by atoms with E-state index >= 15 is 0 Å². The first-order valence-corrected chi connectivity index (χ1v) is 7.92. The zero-order valence-electron chi connectivity index (χ0n) is 12.6. The van der Waals surface area contributed by atoms with Crippen LogP contribution in [0, 0.1) is 6.92 Å². The van der Waals surface area contributed by atoms with Crippen LogP contribution in [-0.4, -0.2) is 18.0 Å². The molecule has 3 nitrogen and oxygen atoms in total. The Hall–Kier alpha value is -0.870. The lowest BCUT2D eigenvalue weighted by Gasteiger charge is -2.22. The molecule has 0 aliphatic heterocycles.